The molecule has 0 aliphatic rings. The SMILES string of the molecule is C=C(C#N)N=CC(=C)c1cc(F)c(C=O)cc1C. The summed E-state index contributed by atoms with van der Waals surface area (Å²) < 4.78 is 13.5. The second-order valence-corrected chi connectivity index (χ2v) is 3.65. The number of hydrogen-bond acceptors (Lipinski definition) is 3. The van der Waals surface area contributed by atoms with Gasteiger partial charge in [-0.15, -0.1) is 0 Å². The van der Waals surface area contributed by atoms with Crippen molar-refractivity contribution in [2.45, 2.75) is 6.92 Å². The Hall–Kier alpha value is -2.54. The topological polar surface area (TPSA) is 53.2 Å². The van der Waals surface area contributed by atoms with Gasteiger partial charge in [0.1, 0.15) is 17.6 Å². The van der Waals surface area contributed by atoms with Crippen molar-refractivity contribution < 1.29 is 9.18 Å². The monoisotopic (exact) mass is 242 g/mol. The first-order valence-corrected chi connectivity index (χ1v) is 5.07. The maximum absolute atomic E-state index is 13.5. The number of carbonyl (C=O) groups excluding carboxylic acids is 1. The summed E-state index contributed by atoms with van der Waals surface area (Å²) in [6.07, 6.45) is 1.80. The Labute approximate surface area is 105 Å². The van der Waals surface area contributed by atoms with Crippen molar-refractivity contribution in [3.63, 3.8) is 0 Å². The number of aldehydes is 1. The molecule has 3 nitrogen and oxygen atoms in total. The van der Waals surface area contributed by atoms with Gasteiger partial charge in [0.15, 0.2) is 6.29 Å². The van der Waals surface area contributed by atoms with Gasteiger partial charge >= 0.3 is 0 Å². The molecule has 0 unspecified atom stereocenters. The highest BCUT2D eigenvalue weighted by molar-refractivity contribution is 6.09. The molecule has 0 heterocycles. The largest absolute Gasteiger partial charge is 0.298 e. The van der Waals surface area contributed by atoms with Gasteiger partial charge in [0.25, 0.3) is 0 Å². The van der Waals surface area contributed by atoms with E-state index in [4.69, 9.17) is 5.26 Å². The highest BCUT2D eigenvalue weighted by Gasteiger charge is 2.08. The maximum atomic E-state index is 13.5. The molecule has 0 saturated heterocycles. The summed E-state index contributed by atoms with van der Waals surface area (Å²) in [6, 6.07) is 4.43. The van der Waals surface area contributed by atoms with Crippen molar-refractivity contribution in [1.82, 2.24) is 0 Å². The van der Waals surface area contributed by atoms with Crippen molar-refractivity contribution in [1.29, 1.82) is 5.26 Å². The first-order valence-electron chi connectivity index (χ1n) is 5.07. The zero-order valence-electron chi connectivity index (χ0n) is 9.90. The van der Waals surface area contributed by atoms with Gasteiger partial charge in [0, 0.05) is 6.21 Å². The summed E-state index contributed by atoms with van der Waals surface area (Å²) in [5.74, 6) is -0.612. The zero-order valence-corrected chi connectivity index (χ0v) is 9.90. The molecule has 0 radical (unpaired) electrons. The first-order chi connectivity index (χ1) is 8.49. The zero-order chi connectivity index (χ0) is 13.7. The van der Waals surface area contributed by atoms with Gasteiger partial charge in [-0.05, 0) is 35.8 Å². The molecule has 0 bridgehead atoms. The number of halogens is 1. The normalized spacial score (nSPS) is 10.1. The summed E-state index contributed by atoms with van der Waals surface area (Å²) >= 11 is 0. The van der Waals surface area contributed by atoms with E-state index < -0.39 is 5.82 Å². The van der Waals surface area contributed by atoms with Crippen LogP contribution in [0, 0.1) is 24.1 Å². The molecule has 0 atom stereocenters. The van der Waals surface area contributed by atoms with Gasteiger partial charge in [-0.25, -0.2) is 9.38 Å². The summed E-state index contributed by atoms with van der Waals surface area (Å²) in [4.78, 5) is 14.3. The van der Waals surface area contributed by atoms with Crippen LogP contribution in [0.25, 0.3) is 5.57 Å². The Morgan fingerprint density at radius 1 is 1.50 bits per heavy atom. The van der Waals surface area contributed by atoms with E-state index in [0.717, 1.165) is 0 Å². The van der Waals surface area contributed by atoms with Crippen LogP contribution in [-0.2, 0) is 0 Å². The van der Waals surface area contributed by atoms with Crippen molar-refractivity contribution >= 4 is 18.1 Å². The van der Waals surface area contributed by atoms with E-state index in [9.17, 15) is 9.18 Å². The van der Waals surface area contributed by atoms with Crippen molar-refractivity contribution in [2.75, 3.05) is 0 Å². The van der Waals surface area contributed by atoms with Gasteiger partial charge in [0.2, 0.25) is 0 Å². The Balaban J connectivity index is 3.12. The summed E-state index contributed by atoms with van der Waals surface area (Å²) in [5, 5.41) is 8.49. The molecule has 1 aromatic carbocycles. The van der Waals surface area contributed by atoms with Crippen LogP contribution in [0.15, 0.2) is 36.0 Å². The smallest absolute Gasteiger partial charge is 0.153 e. The Morgan fingerprint density at radius 3 is 2.72 bits per heavy atom. The molecule has 0 aromatic heterocycles. The van der Waals surface area contributed by atoms with Gasteiger partial charge in [-0.3, -0.25) is 4.79 Å². The predicted molar refractivity (Wildman–Crippen MR) is 68.8 cm³/mol. The molecule has 0 N–H and O–H groups in total. The molecular weight excluding hydrogens is 231 g/mol. The number of allylic oxidation sites excluding steroid dienone is 2. The van der Waals surface area contributed by atoms with Crippen LogP contribution in [0.2, 0.25) is 0 Å². The van der Waals surface area contributed by atoms with E-state index in [0.29, 0.717) is 23.0 Å². The van der Waals surface area contributed by atoms with Crippen LogP contribution >= 0.6 is 0 Å². The standard InChI is InChI=1S/C14H11FN2O/c1-9-4-12(8-18)14(15)5-13(9)10(2)7-17-11(3)6-16/h4-5,7-8H,2-3H2,1H3. The Bertz CT molecular complexity index is 595. The molecular formula is C14H11FN2O. The van der Waals surface area contributed by atoms with Crippen molar-refractivity contribution in [2.24, 2.45) is 4.99 Å². The number of nitriles is 1. The number of hydrogen-bond donors (Lipinski definition) is 0. The number of nitrogens with zero attached hydrogens (tertiary/aromatic N) is 2. The van der Waals surface area contributed by atoms with Gasteiger partial charge in [0.05, 0.1) is 5.56 Å². The van der Waals surface area contributed by atoms with Crippen LogP contribution in [0.1, 0.15) is 21.5 Å². The minimum absolute atomic E-state index is 0.00224. The quantitative estimate of drug-likeness (QED) is 0.463. The predicted octanol–water partition coefficient (Wildman–Crippen LogP) is 3.07. The first kappa shape index (κ1) is 13.5. The molecule has 4 heteroatoms. The second-order valence-electron chi connectivity index (χ2n) is 3.65. The molecule has 0 aliphatic carbocycles. The minimum atomic E-state index is -0.612. The number of rotatable bonds is 4. The Morgan fingerprint density at radius 2 is 2.17 bits per heavy atom. The highest BCUT2D eigenvalue weighted by Crippen LogP contribution is 2.20. The third-order valence-corrected chi connectivity index (χ3v) is 2.32. The molecule has 1 aromatic rings. The van der Waals surface area contributed by atoms with Crippen molar-refractivity contribution in [3.05, 3.63) is 53.5 Å². The van der Waals surface area contributed by atoms with Crippen LogP contribution in [-0.4, -0.2) is 12.5 Å². The lowest BCUT2D eigenvalue weighted by atomic mass is 10.00. The van der Waals surface area contributed by atoms with Crippen LogP contribution in [0.5, 0.6) is 0 Å². The molecule has 0 aliphatic heterocycles. The molecule has 0 amide bonds. The molecule has 1 rings (SSSR count). The third kappa shape index (κ3) is 2.98. The molecule has 0 saturated carbocycles. The maximum Gasteiger partial charge on any atom is 0.153 e. The van der Waals surface area contributed by atoms with Crippen molar-refractivity contribution in [3.8, 4) is 6.07 Å². The number of aliphatic imine (C=N–C) groups is 1. The van der Waals surface area contributed by atoms with E-state index in [-0.39, 0.29) is 11.3 Å². The third-order valence-electron chi connectivity index (χ3n) is 2.32. The van der Waals surface area contributed by atoms with E-state index >= 15 is 0 Å². The summed E-state index contributed by atoms with van der Waals surface area (Å²) in [5.41, 5.74) is 1.73. The average Bonchev–Trinajstić information content (AvgIpc) is 2.37. The number of carbonyl (C=O) groups is 1. The Kier molecular flexibility index (Phi) is 4.27. The second kappa shape index (κ2) is 5.69. The van der Waals surface area contributed by atoms with Crippen LogP contribution in [0.3, 0.4) is 0 Å². The lowest BCUT2D eigenvalue weighted by molar-refractivity contribution is 0.111. The fraction of sp³-hybridized carbons (Fsp3) is 0.0714. The summed E-state index contributed by atoms with van der Waals surface area (Å²) in [6.45, 7) is 8.86. The van der Waals surface area contributed by atoms with Gasteiger partial charge in [-0.2, -0.15) is 5.26 Å². The average molecular weight is 242 g/mol. The van der Waals surface area contributed by atoms with E-state index in [1.165, 1.54) is 18.3 Å². The van der Waals surface area contributed by atoms with Crippen LogP contribution in [0.4, 0.5) is 4.39 Å². The summed E-state index contributed by atoms with van der Waals surface area (Å²) in [7, 11) is 0. The minimum Gasteiger partial charge on any atom is -0.298 e. The lowest BCUT2D eigenvalue weighted by Gasteiger charge is -2.06. The molecule has 0 fully saturated rings. The molecule has 90 valence electrons. The van der Waals surface area contributed by atoms with Gasteiger partial charge in [-0.1, -0.05) is 13.2 Å². The lowest BCUT2D eigenvalue weighted by Crippen LogP contribution is -1.96. The van der Waals surface area contributed by atoms with E-state index in [1.807, 2.05) is 0 Å². The molecule has 0 spiro atoms. The fourth-order valence-electron chi connectivity index (χ4n) is 1.39. The van der Waals surface area contributed by atoms with E-state index in [2.05, 4.69) is 18.2 Å². The number of aryl methyl sites for hydroxylation is 1. The fourth-order valence-corrected chi connectivity index (χ4v) is 1.39. The van der Waals surface area contributed by atoms with E-state index in [1.54, 1.807) is 13.0 Å². The van der Waals surface area contributed by atoms with Crippen LogP contribution < -0.4 is 0 Å². The molecule has 18 heavy (non-hydrogen) atoms. The van der Waals surface area contributed by atoms with Gasteiger partial charge < -0.3 is 0 Å². The highest BCUT2D eigenvalue weighted by atomic mass is 19.1. The number of benzene rings is 1.